The van der Waals surface area contributed by atoms with Gasteiger partial charge in [-0.1, -0.05) is 38.4 Å². The van der Waals surface area contributed by atoms with E-state index in [1.807, 2.05) is 22.9 Å². The molecule has 0 atom stereocenters. The van der Waals surface area contributed by atoms with Crippen molar-refractivity contribution < 1.29 is 0 Å². The van der Waals surface area contributed by atoms with Gasteiger partial charge in [-0.3, -0.25) is 0 Å². The largest absolute Gasteiger partial charge is 0.369 e. The Kier molecular flexibility index (Phi) is 3.05. The molecule has 106 valence electrons. The van der Waals surface area contributed by atoms with Gasteiger partial charge in [0.05, 0.1) is 11.4 Å². The molecule has 0 saturated heterocycles. The number of nitrogens with one attached hydrogen (secondary N) is 1. The summed E-state index contributed by atoms with van der Waals surface area (Å²) in [4.78, 5) is 0. The number of hydrogen-bond acceptors (Lipinski definition) is 2. The monoisotopic (exact) mass is 289 g/mol. The van der Waals surface area contributed by atoms with Crippen LogP contribution in [-0.2, 0) is 11.8 Å². The SMILES string of the molecule is Cc1ccc(Cl)cc1-n1nc(C(C)(C)C)c2c1NCC2. The Hall–Kier alpha value is -1.48. The first-order chi connectivity index (χ1) is 9.38. The van der Waals surface area contributed by atoms with E-state index in [0.717, 1.165) is 29.5 Å². The number of fused-ring (bicyclic) bond motifs is 1. The molecule has 0 amide bonds. The summed E-state index contributed by atoms with van der Waals surface area (Å²) in [7, 11) is 0. The lowest BCUT2D eigenvalue weighted by atomic mass is 9.89. The Morgan fingerprint density at radius 2 is 2.05 bits per heavy atom. The minimum Gasteiger partial charge on any atom is -0.369 e. The van der Waals surface area contributed by atoms with Crippen LogP contribution in [-0.4, -0.2) is 16.3 Å². The minimum atomic E-state index is 0.0494. The molecular formula is C16H20ClN3. The molecule has 1 aromatic carbocycles. The molecule has 1 aliphatic rings. The molecule has 0 fully saturated rings. The van der Waals surface area contributed by atoms with Gasteiger partial charge in [0, 0.05) is 22.5 Å². The standard InChI is InChI=1S/C16H20ClN3/c1-10-5-6-11(17)9-13(10)20-15-12(7-8-18-15)14(19-20)16(2,3)4/h5-6,9,18H,7-8H2,1-4H3. The van der Waals surface area contributed by atoms with E-state index < -0.39 is 0 Å². The molecule has 0 radical (unpaired) electrons. The van der Waals surface area contributed by atoms with Crippen molar-refractivity contribution >= 4 is 17.4 Å². The third kappa shape index (κ3) is 2.10. The zero-order valence-electron chi connectivity index (χ0n) is 12.4. The topological polar surface area (TPSA) is 29.9 Å². The molecule has 1 aromatic heterocycles. The highest BCUT2D eigenvalue weighted by atomic mass is 35.5. The predicted molar refractivity (Wildman–Crippen MR) is 84.2 cm³/mol. The minimum absolute atomic E-state index is 0.0494. The molecule has 20 heavy (non-hydrogen) atoms. The van der Waals surface area contributed by atoms with E-state index in [1.54, 1.807) is 0 Å². The first-order valence-electron chi connectivity index (χ1n) is 7.00. The van der Waals surface area contributed by atoms with E-state index >= 15 is 0 Å². The van der Waals surface area contributed by atoms with Crippen LogP contribution in [0.5, 0.6) is 0 Å². The zero-order chi connectivity index (χ0) is 14.5. The van der Waals surface area contributed by atoms with Crippen LogP contribution in [0.3, 0.4) is 0 Å². The lowest BCUT2D eigenvalue weighted by molar-refractivity contribution is 0.554. The van der Waals surface area contributed by atoms with Crippen molar-refractivity contribution in [2.24, 2.45) is 0 Å². The fraction of sp³-hybridized carbons (Fsp3) is 0.438. The molecule has 0 bridgehead atoms. The third-order valence-electron chi connectivity index (χ3n) is 3.76. The maximum atomic E-state index is 6.15. The summed E-state index contributed by atoms with van der Waals surface area (Å²) in [6.45, 7) is 9.70. The summed E-state index contributed by atoms with van der Waals surface area (Å²) in [5, 5.41) is 9.08. The summed E-state index contributed by atoms with van der Waals surface area (Å²) in [6, 6.07) is 5.94. The molecule has 2 heterocycles. The lowest BCUT2D eigenvalue weighted by Gasteiger charge is -2.16. The molecule has 3 rings (SSSR count). The Morgan fingerprint density at radius 1 is 1.30 bits per heavy atom. The molecule has 0 saturated carbocycles. The molecule has 1 N–H and O–H groups in total. The van der Waals surface area contributed by atoms with Gasteiger partial charge in [0.2, 0.25) is 0 Å². The van der Waals surface area contributed by atoms with E-state index in [-0.39, 0.29) is 5.41 Å². The average Bonchev–Trinajstić information content (AvgIpc) is 2.92. The van der Waals surface area contributed by atoms with Crippen LogP contribution in [0.4, 0.5) is 5.82 Å². The number of benzene rings is 1. The van der Waals surface area contributed by atoms with E-state index in [2.05, 4.69) is 33.0 Å². The van der Waals surface area contributed by atoms with Crippen LogP contribution in [0, 0.1) is 6.92 Å². The third-order valence-corrected chi connectivity index (χ3v) is 4.00. The number of halogens is 1. The second kappa shape index (κ2) is 4.52. The van der Waals surface area contributed by atoms with Crippen LogP contribution in [0.25, 0.3) is 5.69 Å². The van der Waals surface area contributed by atoms with Gasteiger partial charge in [0.1, 0.15) is 5.82 Å². The normalized spacial score (nSPS) is 14.2. The van der Waals surface area contributed by atoms with Gasteiger partial charge in [-0.2, -0.15) is 5.10 Å². The first-order valence-corrected chi connectivity index (χ1v) is 7.38. The summed E-state index contributed by atoms with van der Waals surface area (Å²) in [6.07, 6.45) is 1.04. The van der Waals surface area contributed by atoms with Crippen molar-refractivity contribution in [1.29, 1.82) is 0 Å². The second-order valence-electron chi connectivity index (χ2n) is 6.45. The number of rotatable bonds is 1. The highest BCUT2D eigenvalue weighted by Gasteiger charge is 2.29. The summed E-state index contributed by atoms with van der Waals surface area (Å²) in [5.41, 5.74) is 4.80. The highest BCUT2D eigenvalue weighted by Crippen LogP contribution is 2.35. The fourth-order valence-corrected chi connectivity index (χ4v) is 2.93. The zero-order valence-corrected chi connectivity index (χ0v) is 13.2. The van der Waals surface area contributed by atoms with Crippen LogP contribution in [0.1, 0.15) is 37.6 Å². The predicted octanol–water partition coefficient (Wildman–Crippen LogP) is 4.10. The molecule has 2 aromatic rings. The van der Waals surface area contributed by atoms with Crippen molar-refractivity contribution in [3.8, 4) is 5.69 Å². The molecule has 1 aliphatic heterocycles. The smallest absolute Gasteiger partial charge is 0.133 e. The van der Waals surface area contributed by atoms with Gasteiger partial charge < -0.3 is 5.32 Å². The van der Waals surface area contributed by atoms with Crippen molar-refractivity contribution in [2.75, 3.05) is 11.9 Å². The number of aromatic nitrogens is 2. The van der Waals surface area contributed by atoms with Crippen LogP contribution >= 0.6 is 11.6 Å². The first kappa shape index (κ1) is 13.5. The van der Waals surface area contributed by atoms with Crippen molar-refractivity contribution in [1.82, 2.24) is 9.78 Å². The second-order valence-corrected chi connectivity index (χ2v) is 6.88. The molecule has 3 nitrogen and oxygen atoms in total. The van der Waals surface area contributed by atoms with E-state index in [1.165, 1.54) is 16.8 Å². The number of hydrogen-bond donors (Lipinski definition) is 1. The van der Waals surface area contributed by atoms with Crippen molar-refractivity contribution in [3.05, 3.63) is 40.0 Å². The van der Waals surface area contributed by atoms with Gasteiger partial charge in [-0.05, 0) is 31.0 Å². The van der Waals surface area contributed by atoms with E-state index in [4.69, 9.17) is 16.7 Å². The van der Waals surface area contributed by atoms with Gasteiger partial charge in [-0.15, -0.1) is 0 Å². The van der Waals surface area contributed by atoms with Crippen LogP contribution < -0.4 is 5.32 Å². The van der Waals surface area contributed by atoms with Crippen LogP contribution in [0.15, 0.2) is 18.2 Å². The highest BCUT2D eigenvalue weighted by molar-refractivity contribution is 6.30. The summed E-state index contributed by atoms with van der Waals surface area (Å²) >= 11 is 6.15. The maximum absolute atomic E-state index is 6.15. The van der Waals surface area contributed by atoms with Gasteiger partial charge >= 0.3 is 0 Å². The molecule has 0 unspecified atom stereocenters. The average molecular weight is 290 g/mol. The number of anilines is 1. The number of aryl methyl sites for hydroxylation is 1. The van der Waals surface area contributed by atoms with Gasteiger partial charge in [0.25, 0.3) is 0 Å². The fourth-order valence-electron chi connectivity index (χ4n) is 2.76. The van der Waals surface area contributed by atoms with Crippen molar-refractivity contribution in [3.63, 3.8) is 0 Å². The number of nitrogens with zero attached hydrogens (tertiary/aromatic N) is 2. The Bertz CT molecular complexity index is 665. The molecule has 4 heteroatoms. The Morgan fingerprint density at radius 3 is 2.75 bits per heavy atom. The molecular weight excluding hydrogens is 270 g/mol. The summed E-state index contributed by atoms with van der Waals surface area (Å²) in [5.74, 6) is 1.13. The summed E-state index contributed by atoms with van der Waals surface area (Å²) < 4.78 is 2.02. The lowest BCUT2D eigenvalue weighted by Crippen LogP contribution is -2.15. The van der Waals surface area contributed by atoms with Crippen molar-refractivity contribution in [2.45, 2.75) is 39.5 Å². The Labute approximate surface area is 124 Å². The maximum Gasteiger partial charge on any atom is 0.133 e. The van der Waals surface area contributed by atoms with Gasteiger partial charge in [0.15, 0.2) is 0 Å². The Balaban J connectivity index is 2.23. The van der Waals surface area contributed by atoms with E-state index in [0.29, 0.717) is 0 Å². The quantitative estimate of drug-likeness (QED) is 0.856. The molecule has 0 spiro atoms. The van der Waals surface area contributed by atoms with E-state index in [9.17, 15) is 0 Å². The van der Waals surface area contributed by atoms with Gasteiger partial charge in [-0.25, -0.2) is 4.68 Å². The van der Waals surface area contributed by atoms with Crippen LogP contribution in [0.2, 0.25) is 5.02 Å². The molecule has 0 aliphatic carbocycles.